The Morgan fingerprint density at radius 3 is 2.96 bits per heavy atom. The largest absolute Gasteiger partial charge is 0.368 e. The molecule has 0 saturated heterocycles. The van der Waals surface area contributed by atoms with Crippen molar-refractivity contribution in [2.45, 2.75) is 36.2 Å². The number of benzene rings is 1. The lowest BCUT2D eigenvalue weighted by atomic mass is 9.91. The zero-order valence-corrected chi connectivity index (χ0v) is 15.2. The van der Waals surface area contributed by atoms with Crippen molar-refractivity contribution in [3.63, 3.8) is 0 Å². The molecule has 2 heterocycles. The second kappa shape index (κ2) is 7.01. The van der Waals surface area contributed by atoms with Crippen LogP contribution in [-0.4, -0.2) is 20.7 Å². The van der Waals surface area contributed by atoms with Gasteiger partial charge in [-0.25, -0.2) is 0 Å². The highest BCUT2D eigenvalue weighted by molar-refractivity contribution is 7.99. The van der Waals surface area contributed by atoms with Crippen molar-refractivity contribution < 1.29 is 4.79 Å². The summed E-state index contributed by atoms with van der Waals surface area (Å²) in [7, 11) is 0. The van der Waals surface area contributed by atoms with Crippen LogP contribution in [0.3, 0.4) is 0 Å². The molecule has 1 aliphatic carbocycles. The lowest BCUT2D eigenvalue weighted by Crippen LogP contribution is -2.20. The van der Waals surface area contributed by atoms with E-state index in [4.69, 9.17) is 5.73 Å². The zero-order valence-electron chi connectivity index (χ0n) is 13.6. The number of thioether (sulfide) groups is 1. The van der Waals surface area contributed by atoms with Crippen LogP contribution in [0.1, 0.15) is 29.2 Å². The number of rotatable bonds is 5. The molecule has 2 N–H and O–H groups in total. The summed E-state index contributed by atoms with van der Waals surface area (Å²) >= 11 is 3.26. The molecule has 5 nitrogen and oxygen atoms in total. The van der Waals surface area contributed by atoms with Crippen LogP contribution in [0.25, 0.3) is 10.7 Å². The van der Waals surface area contributed by atoms with E-state index in [1.54, 1.807) is 23.1 Å². The summed E-state index contributed by atoms with van der Waals surface area (Å²) in [5.41, 5.74) is 8.24. The number of carbonyl (C=O) groups excluding carboxylic acids is 1. The molecular formula is C18H18N4OS2. The number of thiophene rings is 1. The first-order chi connectivity index (χ1) is 12.2. The molecule has 0 aliphatic heterocycles. The highest BCUT2D eigenvalue weighted by atomic mass is 32.2. The van der Waals surface area contributed by atoms with Gasteiger partial charge in [0.1, 0.15) is 6.54 Å². The van der Waals surface area contributed by atoms with Crippen LogP contribution in [0.15, 0.2) is 46.9 Å². The number of hydrogen-bond donors (Lipinski definition) is 1. The molecule has 0 fully saturated rings. The number of aryl methyl sites for hydroxylation is 1. The maximum Gasteiger partial charge on any atom is 0.237 e. The predicted molar refractivity (Wildman–Crippen MR) is 101 cm³/mol. The number of hydrogen-bond acceptors (Lipinski definition) is 5. The maximum absolute atomic E-state index is 11.6. The lowest BCUT2D eigenvalue weighted by Gasteiger charge is -2.24. The number of fused-ring (bicyclic) bond motifs is 1. The summed E-state index contributed by atoms with van der Waals surface area (Å²) in [6.07, 6.45) is 3.39. The first kappa shape index (κ1) is 16.4. The molecule has 128 valence electrons. The molecular weight excluding hydrogens is 352 g/mol. The minimum Gasteiger partial charge on any atom is -0.368 e. The number of carbonyl (C=O) groups is 1. The van der Waals surface area contributed by atoms with Crippen molar-refractivity contribution in [1.29, 1.82) is 0 Å². The number of nitrogens with two attached hydrogens (primary N) is 1. The van der Waals surface area contributed by atoms with Crippen LogP contribution in [0, 0.1) is 0 Å². The van der Waals surface area contributed by atoms with E-state index in [1.807, 2.05) is 22.1 Å². The fourth-order valence-corrected chi connectivity index (χ4v) is 5.20. The van der Waals surface area contributed by atoms with E-state index in [2.05, 4.69) is 34.5 Å². The van der Waals surface area contributed by atoms with Crippen molar-refractivity contribution in [2.24, 2.45) is 5.73 Å². The van der Waals surface area contributed by atoms with Crippen molar-refractivity contribution in [3.8, 4) is 10.7 Å². The first-order valence-corrected chi connectivity index (χ1v) is 9.98. The van der Waals surface area contributed by atoms with Crippen molar-refractivity contribution in [3.05, 3.63) is 52.9 Å². The van der Waals surface area contributed by atoms with E-state index < -0.39 is 0 Å². The van der Waals surface area contributed by atoms with Gasteiger partial charge in [0.15, 0.2) is 11.0 Å². The van der Waals surface area contributed by atoms with Gasteiger partial charge in [-0.15, -0.1) is 21.5 Å². The Morgan fingerprint density at radius 1 is 1.28 bits per heavy atom. The third kappa shape index (κ3) is 3.34. The van der Waals surface area contributed by atoms with E-state index in [0.29, 0.717) is 11.1 Å². The Hall–Kier alpha value is -2.12. The highest BCUT2D eigenvalue weighted by Crippen LogP contribution is 2.43. The monoisotopic (exact) mass is 370 g/mol. The van der Waals surface area contributed by atoms with E-state index in [-0.39, 0.29) is 12.5 Å². The fourth-order valence-electron chi connectivity index (χ4n) is 3.22. The van der Waals surface area contributed by atoms with Gasteiger partial charge < -0.3 is 5.73 Å². The van der Waals surface area contributed by atoms with Gasteiger partial charge in [-0.05, 0) is 41.8 Å². The van der Waals surface area contributed by atoms with E-state index in [1.165, 1.54) is 11.1 Å². The molecule has 1 aliphatic rings. The summed E-state index contributed by atoms with van der Waals surface area (Å²) in [6.45, 7) is 0.0942. The first-order valence-electron chi connectivity index (χ1n) is 8.22. The van der Waals surface area contributed by atoms with Gasteiger partial charge in [0.05, 0.1) is 4.88 Å². The number of primary amides is 1. The van der Waals surface area contributed by atoms with Crippen molar-refractivity contribution >= 4 is 29.0 Å². The quantitative estimate of drug-likeness (QED) is 0.744. The van der Waals surface area contributed by atoms with Crippen LogP contribution in [-0.2, 0) is 17.8 Å². The molecule has 0 unspecified atom stereocenters. The topological polar surface area (TPSA) is 73.8 Å². The SMILES string of the molecule is NC(=O)Cn1c(S[C@@H]2CCCc3ccccc32)nnc1-c1cccs1. The number of nitrogens with zero attached hydrogens (tertiary/aromatic N) is 3. The van der Waals surface area contributed by atoms with Gasteiger partial charge in [0.25, 0.3) is 0 Å². The molecule has 7 heteroatoms. The van der Waals surface area contributed by atoms with Gasteiger partial charge in [-0.3, -0.25) is 9.36 Å². The molecule has 2 aromatic heterocycles. The predicted octanol–water partition coefficient (Wildman–Crippen LogP) is 3.66. The van der Waals surface area contributed by atoms with Crippen LogP contribution < -0.4 is 5.73 Å². The Balaban J connectivity index is 1.68. The van der Waals surface area contributed by atoms with Crippen LogP contribution in [0.2, 0.25) is 0 Å². The second-order valence-corrected chi connectivity index (χ2v) is 8.15. The Morgan fingerprint density at radius 2 is 2.16 bits per heavy atom. The summed E-state index contributed by atoms with van der Waals surface area (Å²) in [6, 6.07) is 12.5. The van der Waals surface area contributed by atoms with Crippen LogP contribution >= 0.6 is 23.1 Å². The van der Waals surface area contributed by atoms with Crippen molar-refractivity contribution in [2.75, 3.05) is 0 Å². The Labute approximate surface area is 154 Å². The highest BCUT2D eigenvalue weighted by Gasteiger charge is 2.25. The fraction of sp³-hybridized carbons (Fsp3) is 0.278. The summed E-state index contributed by atoms with van der Waals surface area (Å²) in [5.74, 6) is 0.323. The minimum atomic E-state index is -0.386. The average molecular weight is 371 g/mol. The third-order valence-corrected chi connectivity index (χ3v) is 6.49. The van der Waals surface area contributed by atoms with Crippen molar-refractivity contribution in [1.82, 2.24) is 14.8 Å². The number of aromatic nitrogens is 3. The summed E-state index contributed by atoms with van der Waals surface area (Å²) < 4.78 is 1.84. The molecule has 4 rings (SSSR count). The van der Waals surface area contributed by atoms with Gasteiger partial charge in [0, 0.05) is 5.25 Å². The molecule has 0 saturated carbocycles. The van der Waals surface area contributed by atoms with Crippen LogP contribution in [0.5, 0.6) is 0 Å². The Kier molecular flexibility index (Phi) is 4.59. The third-order valence-electron chi connectivity index (χ3n) is 4.33. The lowest BCUT2D eigenvalue weighted by molar-refractivity contribution is -0.118. The average Bonchev–Trinajstić information content (AvgIpc) is 3.25. The molecule has 25 heavy (non-hydrogen) atoms. The van der Waals surface area contributed by atoms with Gasteiger partial charge >= 0.3 is 0 Å². The van der Waals surface area contributed by atoms with Gasteiger partial charge in [0.2, 0.25) is 5.91 Å². The number of amides is 1. The van der Waals surface area contributed by atoms with Crippen LogP contribution in [0.4, 0.5) is 0 Å². The smallest absolute Gasteiger partial charge is 0.237 e. The van der Waals surface area contributed by atoms with E-state index in [9.17, 15) is 4.79 Å². The van der Waals surface area contributed by atoms with E-state index in [0.717, 1.165) is 29.3 Å². The summed E-state index contributed by atoms with van der Waals surface area (Å²) in [5, 5.41) is 11.8. The summed E-state index contributed by atoms with van der Waals surface area (Å²) in [4.78, 5) is 12.6. The molecule has 3 aromatic rings. The molecule has 1 amide bonds. The molecule has 0 bridgehead atoms. The van der Waals surface area contributed by atoms with Gasteiger partial charge in [-0.1, -0.05) is 42.1 Å². The van der Waals surface area contributed by atoms with Gasteiger partial charge in [-0.2, -0.15) is 0 Å². The minimum absolute atomic E-state index is 0.0942. The molecule has 0 radical (unpaired) electrons. The molecule has 0 spiro atoms. The van der Waals surface area contributed by atoms with E-state index >= 15 is 0 Å². The standard InChI is InChI=1S/C18H18N4OS2/c19-16(23)11-22-17(15-9-4-10-24-15)20-21-18(22)25-14-8-3-6-12-5-1-2-7-13(12)14/h1-2,4-5,7,9-10,14H,3,6,8,11H2,(H2,19,23)/t14-/m1/s1. The zero-order chi connectivity index (χ0) is 17.2. The molecule has 1 atom stereocenters. The second-order valence-electron chi connectivity index (χ2n) is 6.03. The Bertz CT molecular complexity index is 888. The maximum atomic E-state index is 11.6. The molecule has 1 aromatic carbocycles. The normalized spacial score (nSPS) is 16.6.